The van der Waals surface area contributed by atoms with Gasteiger partial charge in [0.25, 0.3) is 0 Å². The molecule has 1 amide bonds. The normalized spacial score (nSPS) is 20.4. The van der Waals surface area contributed by atoms with E-state index in [1.807, 2.05) is 32.9 Å². The number of pyridine rings is 1. The van der Waals surface area contributed by atoms with Gasteiger partial charge in [0.15, 0.2) is 0 Å². The molecular formula is C19H26N2O4. The van der Waals surface area contributed by atoms with Crippen LogP contribution in [0, 0.1) is 17.8 Å². The van der Waals surface area contributed by atoms with Crippen LogP contribution in [0.15, 0.2) is 18.2 Å². The Labute approximate surface area is 149 Å². The Balaban J connectivity index is 2.01. The maximum absolute atomic E-state index is 12.3. The zero-order valence-electron chi connectivity index (χ0n) is 15.5. The maximum Gasteiger partial charge on any atom is 0.412 e. The predicted molar refractivity (Wildman–Crippen MR) is 94.1 cm³/mol. The van der Waals surface area contributed by atoms with Crippen LogP contribution < -0.4 is 4.74 Å². The molecule has 1 fully saturated rings. The molecule has 2 unspecified atom stereocenters. The number of nitrogens with zero attached hydrogens (tertiary/aromatic N) is 2. The van der Waals surface area contributed by atoms with E-state index in [4.69, 9.17) is 14.2 Å². The number of hydrogen-bond acceptors (Lipinski definition) is 5. The van der Waals surface area contributed by atoms with Gasteiger partial charge in [0.1, 0.15) is 17.5 Å². The Hall–Kier alpha value is -2.26. The van der Waals surface area contributed by atoms with Gasteiger partial charge in [-0.2, -0.15) is 0 Å². The van der Waals surface area contributed by atoms with E-state index in [2.05, 4.69) is 16.8 Å². The number of piperidine rings is 1. The van der Waals surface area contributed by atoms with Crippen molar-refractivity contribution in [3.05, 3.63) is 23.9 Å². The lowest BCUT2D eigenvalue weighted by Gasteiger charge is -2.37. The molecule has 0 aliphatic carbocycles. The van der Waals surface area contributed by atoms with Gasteiger partial charge >= 0.3 is 6.09 Å². The van der Waals surface area contributed by atoms with Crippen molar-refractivity contribution < 1.29 is 19.0 Å². The van der Waals surface area contributed by atoms with Crippen molar-refractivity contribution in [2.24, 2.45) is 5.92 Å². The predicted octanol–water partition coefficient (Wildman–Crippen LogP) is 3.06. The van der Waals surface area contributed by atoms with Gasteiger partial charge in [0, 0.05) is 32.1 Å². The zero-order valence-corrected chi connectivity index (χ0v) is 15.5. The van der Waals surface area contributed by atoms with E-state index >= 15 is 0 Å². The molecule has 2 heterocycles. The lowest BCUT2D eigenvalue weighted by molar-refractivity contribution is -0.0712. The highest BCUT2D eigenvalue weighted by atomic mass is 16.6. The topological polar surface area (TPSA) is 60.9 Å². The number of carbonyl (C=O) groups excluding carboxylic acids is 1. The minimum Gasteiger partial charge on any atom is -0.481 e. The minimum absolute atomic E-state index is 0.136. The first-order chi connectivity index (χ1) is 11.8. The van der Waals surface area contributed by atoms with Crippen LogP contribution in [0.2, 0.25) is 0 Å². The van der Waals surface area contributed by atoms with Crippen molar-refractivity contribution >= 4 is 6.09 Å². The summed E-state index contributed by atoms with van der Waals surface area (Å²) in [6.45, 7) is 6.11. The van der Waals surface area contributed by atoms with Crippen LogP contribution in [0.4, 0.5) is 4.79 Å². The van der Waals surface area contributed by atoms with Gasteiger partial charge in [-0.3, -0.25) is 4.90 Å². The van der Waals surface area contributed by atoms with Crippen LogP contribution in [0.3, 0.4) is 0 Å². The van der Waals surface area contributed by atoms with E-state index in [0.29, 0.717) is 24.5 Å². The van der Waals surface area contributed by atoms with Gasteiger partial charge in [0.2, 0.25) is 5.88 Å². The molecular weight excluding hydrogens is 320 g/mol. The van der Waals surface area contributed by atoms with E-state index < -0.39 is 5.60 Å². The Morgan fingerprint density at radius 3 is 2.72 bits per heavy atom. The maximum atomic E-state index is 12.3. The minimum atomic E-state index is -0.524. The number of carbonyl (C=O) groups is 1. The van der Waals surface area contributed by atoms with E-state index in [-0.39, 0.29) is 18.2 Å². The fourth-order valence-corrected chi connectivity index (χ4v) is 2.59. The molecule has 2 atom stereocenters. The molecule has 0 saturated carbocycles. The summed E-state index contributed by atoms with van der Waals surface area (Å²) in [5.74, 6) is 7.00. The number of aromatic nitrogens is 1. The smallest absolute Gasteiger partial charge is 0.412 e. The number of rotatable bonds is 2. The van der Waals surface area contributed by atoms with Crippen LogP contribution in [-0.2, 0) is 9.47 Å². The lowest BCUT2D eigenvalue weighted by atomic mass is 9.96. The molecule has 1 aliphatic rings. The summed E-state index contributed by atoms with van der Waals surface area (Å²) in [7, 11) is 3.18. The SMILES string of the molecule is COc1cccc(C#CC2CCN(C(=O)OC(C)(C)C)C(OC)C2)n1. The van der Waals surface area contributed by atoms with Crippen LogP contribution >= 0.6 is 0 Å². The third-order valence-electron chi connectivity index (χ3n) is 3.79. The van der Waals surface area contributed by atoms with Crippen molar-refractivity contribution in [2.45, 2.75) is 45.4 Å². The first kappa shape index (κ1) is 19.1. The molecule has 1 saturated heterocycles. The van der Waals surface area contributed by atoms with Crippen LogP contribution in [-0.4, -0.2) is 48.6 Å². The van der Waals surface area contributed by atoms with Gasteiger partial charge in [-0.1, -0.05) is 12.0 Å². The number of hydrogen-bond donors (Lipinski definition) is 0. The van der Waals surface area contributed by atoms with E-state index in [1.54, 1.807) is 25.2 Å². The molecule has 6 heteroatoms. The fraction of sp³-hybridized carbons (Fsp3) is 0.579. The highest BCUT2D eigenvalue weighted by Crippen LogP contribution is 2.25. The summed E-state index contributed by atoms with van der Waals surface area (Å²) in [4.78, 5) is 18.2. The second kappa shape index (κ2) is 8.21. The molecule has 136 valence electrons. The summed E-state index contributed by atoms with van der Waals surface area (Å²) in [6.07, 6.45) is 0.740. The highest BCUT2D eigenvalue weighted by Gasteiger charge is 2.33. The van der Waals surface area contributed by atoms with Gasteiger partial charge in [-0.15, -0.1) is 0 Å². The molecule has 0 radical (unpaired) electrons. The van der Waals surface area contributed by atoms with Crippen molar-refractivity contribution in [2.75, 3.05) is 20.8 Å². The molecule has 0 spiro atoms. The monoisotopic (exact) mass is 346 g/mol. The van der Waals surface area contributed by atoms with Gasteiger partial charge < -0.3 is 14.2 Å². The Kier molecular flexibility index (Phi) is 6.27. The van der Waals surface area contributed by atoms with Crippen LogP contribution in [0.5, 0.6) is 5.88 Å². The molecule has 0 N–H and O–H groups in total. The first-order valence-electron chi connectivity index (χ1n) is 8.37. The summed E-state index contributed by atoms with van der Waals surface area (Å²) in [5, 5.41) is 0. The van der Waals surface area contributed by atoms with Crippen LogP contribution in [0.1, 0.15) is 39.3 Å². The van der Waals surface area contributed by atoms with Gasteiger partial charge in [0.05, 0.1) is 7.11 Å². The van der Waals surface area contributed by atoms with Crippen molar-refractivity contribution in [3.8, 4) is 17.7 Å². The van der Waals surface area contributed by atoms with Crippen molar-refractivity contribution in [1.29, 1.82) is 0 Å². The fourth-order valence-electron chi connectivity index (χ4n) is 2.59. The molecule has 1 aromatic heterocycles. The third-order valence-corrected chi connectivity index (χ3v) is 3.79. The van der Waals surface area contributed by atoms with Crippen LogP contribution in [0.25, 0.3) is 0 Å². The largest absolute Gasteiger partial charge is 0.481 e. The molecule has 2 rings (SSSR count). The van der Waals surface area contributed by atoms with E-state index in [1.165, 1.54) is 0 Å². The lowest BCUT2D eigenvalue weighted by Crippen LogP contribution is -2.48. The summed E-state index contributed by atoms with van der Waals surface area (Å²) in [6, 6.07) is 5.49. The zero-order chi connectivity index (χ0) is 18.4. The quantitative estimate of drug-likeness (QED) is 0.770. The number of ether oxygens (including phenoxy) is 3. The number of methoxy groups -OCH3 is 2. The van der Waals surface area contributed by atoms with Gasteiger partial charge in [-0.05, 0) is 39.2 Å². The van der Waals surface area contributed by atoms with Crippen molar-refractivity contribution in [1.82, 2.24) is 9.88 Å². The number of amides is 1. The molecule has 1 aliphatic heterocycles. The molecule has 6 nitrogen and oxygen atoms in total. The standard InChI is InChI=1S/C19H26N2O4/c1-19(2,3)25-18(22)21-12-11-14(13-17(21)24-5)9-10-15-7-6-8-16(20-15)23-4/h6-8,14,17H,11-13H2,1-5H3. The molecule has 25 heavy (non-hydrogen) atoms. The second-order valence-electron chi connectivity index (χ2n) is 6.92. The van der Waals surface area contributed by atoms with Crippen molar-refractivity contribution in [3.63, 3.8) is 0 Å². The van der Waals surface area contributed by atoms with E-state index in [9.17, 15) is 4.79 Å². The average molecular weight is 346 g/mol. The highest BCUT2D eigenvalue weighted by molar-refractivity contribution is 5.68. The Bertz CT molecular complexity index is 657. The average Bonchev–Trinajstić information content (AvgIpc) is 2.58. The molecule has 0 aromatic carbocycles. The second-order valence-corrected chi connectivity index (χ2v) is 6.92. The third kappa shape index (κ3) is 5.64. The molecule has 0 bridgehead atoms. The first-order valence-corrected chi connectivity index (χ1v) is 8.37. The molecule has 1 aromatic rings. The van der Waals surface area contributed by atoms with E-state index in [0.717, 1.165) is 6.42 Å². The number of likely N-dealkylation sites (tertiary alicyclic amines) is 1. The summed E-state index contributed by atoms with van der Waals surface area (Å²) < 4.78 is 16.0. The Morgan fingerprint density at radius 1 is 1.32 bits per heavy atom. The Morgan fingerprint density at radius 2 is 2.08 bits per heavy atom. The summed E-state index contributed by atoms with van der Waals surface area (Å²) >= 11 is 0. The summed E-state index contributed by atoms with van der Waals surface area (Å²) in [5.41, 5.74) is 0.146. The van der Waals surface area contributed by atoms with Gasteiger partial charge in [-0.25, -0.2) is 9.78 Å².